The molecule has 10 aliphatic carbocycles. The Hall–Kier alpha value is -2.06. The Labute approximate surface area is 360 Å². The molecule has 7 fully saturated rings. The van der Waals surface area contributed by atoms with E-state index in [-0.39, 0.29) is 40.8 Å². The molecule has 13 unspecified atom stereocenters. The predicted molar refractivity (Wildman–Crippen MR) is 233 cm³/mol. The van der Waals surface area contributed by atoms with E-state index in [0.29, 0.717) is 42.4 Å². The van der Waals surface area contributed by atoms with Crippen molar-refractivity contribution in [1.29, 1.82) is 0 Å². The van der Waals surface area contributed by atoms with Crippen molar-refractivity contribution in [1.82, 2.24) is 9.55 Å². The number of nitrogens with zero attached hydrogens (tertiary/aromatic N) is 2. The zero-order chi connectivity index (χ0) is 41.4. The number of carbonyl (C=O) groups excluding carboxylic acids is 1. The molecule has 1 spiro atoms. The van der Waals surface area contributed by atoms with Gasteiger partial charge in [0, 0.05) is 42.1 Å². The van der Waals surface area contributed by atoms with Crippen molar-refractivity contribution in [3.8, 4) is 0 Å². The Morgan fingerprint density at radius 3 is 2.37 bits per heavy atom. The first-order valence-electron chi connectivity index (χ1n) is 25.3. The molecule has 1 aromatic heterocycles. The Morgan fingerprint density at radius 1 is 0.833 bits per heavy atom. The minimum atomic E-state index is -1.11. The maximum absolute atomic E-state index is 14.6. The summed E-state index contributed by atoms with van der Waals surface area (Å²) in [5.74, 6) is 1.53. The summed E-state index contributed by atoms with van der Waals surface area (Å²) >= 11 is 0. The molecule has 60 heavy (non-hydrogen) atoms. The van der Waals surface area contributed by atoms with E-state index in [4.69, 9.17) is 0 Å². The van der Waals surface area contributed by atoms with Gasteiger partial charge in [-0.2, -0.15) is 0 Å². The van der Waals surface area contributed by atoms with Gasteiger partial charge in [0.1, 0.15) is 0 Å². The molecule has 0 bridgehead atoms. The van der Waals surface area contributed by atoms with Crippen LogP contribution < -0.4 is 0 Å². The van der Waals surface area contributed by atoms with Crippen molar-refractivity contribution < 1.29 is 25.2 Å². The highest BCUT2D eigenvalue weighted by molar-refractivity contribution is 5.95. The molecule has 4 N–H and O–H groups in total. The number of carbonyl (C=O) groups is 1. The van der Waals surface area contributed by atoms with Crippen LogP contribution in [0.3, 0.4) is 0 Å². The number of aliphatic hydroxyl groups is 4. The summed E-state index contributed by atoms with van der Waals surface area (Å²) < 4.78 is 2.23. The van der Waals surface area contributed by atoms with Crippen molar-refractivity contribution in [3.63, 3.8) is 0 Å². The molecule has 0 radical (unpaired) electrons. The van der Waals surface area contributed by atoms with E-state index in [1.54, 1.807) is 22.3 Å². The number of fused-ring (bicyclic) bond motifs is 8. The van der Waals surface area contributed by atoms with E-state index in [1.807, 2.05) is 18.6 Å². The quantitative estimate of drug-likeness (QED) is 0.213. The van der Waals surface area contributed by atoms with Gasteiger partial charge >= 0.3 is 0 Å². The summed E-state index contributed by atoms with van der Waals surface area (Å²) in [6.07, 6.45) is 30.4. The van der Waals surface area contributed by atoms with Crippen LogP contribution >= 0.6 is 0 Å². The Balaban J connectivity index is 0.981. The molecule has 10 aliphatic rings. The van der Waals surface area contributed by atoms with Crippen molar-refractivity contribution in [2.75, 3.05) is 0 Å². The molecule has 0 saturated heterocycles. The van der Waals surface area contributed by atoms with Gasteiger partial charge in [-0.15, -0.1) is 0 Å². The van der Waals surface area contributed by atoms with Crippen molar-refractivity contribution in [2.24, 2.45) is 69.0 Å². The summed E-state index contributed by atoms with van der Waals surface area (Å²) in [5.41, 5.74) is 6.07. The fraction of sp³-hybridized carbons (Fsp3) is 0.811. The highest BCUT2D eigenvalue weighted by Gasteiger charge is 2.70. The number of rotatable bonds is 6. The van der Waals surface area contributed by atoms with E-state index in [0.717, 1.165) is 69.9 Å². The molecule has 7 saturated carbocycles. The number of imidazole rings is 1. The monoisotopic (exact) mass is 821 g/mol. The summed E-state index contributed by atoms with van der Waals surface area (Å²) in [6, 6.07) is 0. The SMILES string of the molecule is CC(C)(CCn1ccnc1)C1=C2CCCC3(CCCC3)C2C2=C3C(CCC2)CC(C2CCC4(O)C5=CC(=O)C6CC(O)C(O)CC6(C6CCCCC6)C5CCC24C)C(O)C31. The number of ketones is 1. The van der Waals surface area contributed by atoms with Crippen LogP contribution in [-0.4, -0.2) is 59.7 Å². The first kappa shape index (κ1) is 40.7. The predicted octanol–water partition coefficient (Wildman–Crippen LogP) is 9.83. The van der Waals surface area contributed by atoms with Gasteiger partial charge in [-0.3, -0.25) is 4.79 Å². The lowest BCUT2D eigenvalue weighted by Crippen LogP contribution is -2.64. The van der Waals surface area contributed by atoms with Crippen LogP contribution in [0.4, 0.5) is 0 Å². The first-order chi connectivity index (χ1) is 28.8. The van der Waals surface area contributed by atoms with Crippen LogP contribution in [0.5, 0.6) is 0 Å². The van der Waals surface area contributed by atoms with Gasteiger partial charge < -0.3 is 25.0 Å². The molecule has 328 valence electrons. The van der Waals surface area contributed by atoms with Crippen LogP contribution in [-0.2, 0) is 11.3 Å². The topological polar surface area (TPSA) is 116 Å². The highest BCUT2D eigenvalue weighted by atomic mass is 16.3. The molecule has 1 heterocycles. The number of allylic oxidation sites excluding steroid dienone is 3. The van der Waals surface area contributed by atoms with Gasteiger partial charge in [0.05, 0.1) is 30.2 Å². The van der Waals surface area contributed by atoms with Gasteiger partial charge in [0.25, 0.3) is 0 Å². The summed E-state index contributed by atoms with van der Waals surface area (Å²) in [5, 5.41) is 49.5. The van der Waals surface area contributed by atoms with Crippen LogP contribution in [0.25, 0.3) is 0 Å². The van der Waals surface area contributed by atoms with Gasteiger partial charge in [-0.05, 0) is 173 Å². The lowest BCUT2D eigenvalue weighted by atomic mass is 9.41. The number of aliphatic hydroxyl groups excluding tert-OH is 3. The number of hydrogen-bond donors (Lipinski definition) is 4. The minimum Gasteiger partial charge on any atom is -0.392 e. The molecule has 0 aromatic carbocycles. The van der Waals surface area contributed by atoms with Gasteiger partial charge in [0.15, 0.2) is 5.78 Å². The maximum atomic E-state index is 14.6. The van der Waals surface area contributed by atoms with Gasteiger partial charge in [-0.1, -0.05) is 75.2 Å². The van der Waals surface area contributed by atoms with E-state index in [2.05, 4.69) is 36.5 Å². The second kappa shape index (κ2) is 14.5. The van der Waals surface area contributed by atoms with E-state index in [9.17, 15) is 25.2 Å². The van der Waals surface area contributed by atoms with E-state index < -0.39 is 34.7 Å². The third-order valence-corrected chi connectivity index (χ3v) is 21.1. The zero-order valence-corrected chi connectivity index (χ0v) is 37.2. The van der Waals surface area contributed by atoms with Crippen molar-refractivity contribution >= 4 is 5.78 Å². The van der Waals surface area contributed by atoms with E-state index >= 15 is 0 Å². The van der Waals surface area contributed by atoms with Crippen molar-refractivity contribution in [3.05, 3.63) is 52.7 Å². The standard InChI is InChI=1S/C53H76N2O5/c1-49(2,23-25-55-26-24-54-31-55)47-35-15-10-20-51(18-7-8-19-51)46(35)34-14-9-11-32-27-36(48(59)45(47)44(32)34)37-17-22-53(60)39-28-41(56)40-29-42(57)43(58)30-52(40,33-12-5-4-6-13-33)38(39)16-21-50(37,53)3/h24,26,28,31-33,36-38,40,42-43,45-46,48,57-60H,4-23,25,27,29-30H2,1-3H3. The molecule has 7 nitrogen and oxygen atoms in total. The molecule has 13 atom stereocenters. The minimum absolute atomic E-state index is 0.0473. The summed E-state index contributed by atoms with van der Waals surface area (Å²) in [4.78, 5) is 18.9. The molecule has 1 aromatic rings. The second-order valence-corrected chi connectivity index (χ2v) is 23.8. The molecule has 0 amide bonds. The number of aromatic nitrogens is 2. The largest absolute Gasteiger partial charge is 0.392 e. The normalized spacial score (nSPS) is 45.2. The Kier molecular flexibility index (Phi) is 9.82. The number of hydrogen-bond acceptors (Lipinski definition) is 6. The highest BCUT2D eigenvalue weighted by Crippen LogP contribution is 2.73. The Bertz CT molecular complexity index is 1950. The van der Waals surface area contributed by atoms with Crippen molar-refractivity contribution in [2.45, 2.75) is 199 Å². The lowest BCUT2D eigenvalue weighted by molar-refractivity contribution is -0.174. The number of aryl methyl sites for hydroxylation is 1. The molecular formula is C53H76N2O5. The van der Waals surface area contributed by atoms with E-state index in [1.165, 1.54) is 70.6 Å². The average Bonchev–Trinajstić information content (AvgIpc) is 4.00. The third-order valence-electron chi connectivity index (χ3n) is 21.1. The fourth-order valence-electron chi connectivity index (χ4n) is 18.7. The summed E-state index contributed by atoms with van der Waals surface area (Å²) in [6.45, 7) is 8.27. The zero-order valence-electron chi connectivity index (χ0n) is 37.2. The second-order valence-electron chi connectivity index (χ2n) is 23.8. The van der Waals surface area contributed by atoms with Gasteiger partial charge in [0.2, 0.25) is 0 Å². The van der Waals surface area contributed by atoms with Crippen LogP contribution in [0.15, 0.2) is 52.7 Å². The van der Waals surface area contributed by atoms with Crippen LogP contribution in [0, 0.1) is 69.0 Å². The van der Waals surface area contributed by atoms with Crippen LogP contribution in [0.1, 0.15) is 168 Å². The lowest BCUT2D eigenvalue weighted by Gasteiger charge is -2.64. The Morgan fingerprint density at radius 2 is 1.60 bits per heavy atom. The smallest absolute Gasteiger partial charge is 0.159 e. The molecule has 0 aliphatic heterocycles. The first-order valence-corrected chi connectivity index (χ1v) is 25.3. The summed E-state index contributed by atoms with van der Waals surface area (Å²) in [7, 11) is 0. The third kappa shape index (κ3) is 5.65. The van der Waals surface area contributed by atoms with Crippen LogP contribution in [0.2, 0.25) is 0 Å². The van der Waals surface area contributed by atoms with Gasteiger partial charge in [-0.25, -0.2) is 4.98 Å². The molecular weight excluding hydrogens is 745 g/mol. The average molecular weight is 821 g/mol. The molecule has 7 heteroatoms. The maximum Gasteiger partial charge on any atom is 0.159 e. The molecule has 11 rings (SSSR count). The fourth-order valence-corrected chi connectivity index (χ4v) is 18.7.